The van der Waals surface area contributed by atoms with E-state index in [1.165, 1.54) is 17.2 Å². The number of anilines is 2. The molecule has 0 bridgehead atoms. The molecule has 1 fully saturated rings. The van der Waals surface area contributed by atoms with Crippen molar-refractivity contribution in [3.05, 3.63) is 48.5 Å². The van der Waals surface area contributed by atoms with E-state index >= 15 is 0 Å². The molecule has 0 unspecified atom stereocenters. The standard InChI is InChI=1S/C18H16F3N7O/c1-26-10-12(9-23-26)28-7-6-27(11-16(28)29)15-8-14(18(19,20)21)24-17(25-15)13-4-2-3-5-22-13/h2-5,8-10H,6-7,11H2,1H3. The fraction of sp³-hybridized carbons (Fsp3) is 0.278. The first-order chi connectivity index (χ1) is 13.8. The van der Waals surface area contributed by atoms with Gasteiger partial charge >= 0.3 is 6.18 Å². The first kappa shape index (κ1) is 18.8. The predicted molar refractivity (Wildman–Crippen MR) is 98.0 cm³/mol. The van der Waals surface area contributed by atoms with Crippen LogP contribution in [-0.2, 0) is 18.0 Å². The third-order valence-corrected chi connectivity index (χ3v) is 4.44. The number of nitrogens with zero attached hydrogens (tertiary/aromatic N) is 7. The lowest BCUT2D eigenvalue weighted by molar-refractivity contribution is -0.141. The van der Waals surface area contributed by atoms with Crippen molar-refractivity contribution < 1.29 is 18.0 Å². The van der Waals surface area contributed by atoms with Crippen LogP contribution in [0.15, 0.2) is 42.9 Å². The molecule has 0 spiro atoms. The second-order valence-electron chi connectivity index (χ2n) is 6.49. The molecule has 0 N–H and O–H groups in total. The van der Waals surface area contributed by atoms with Crippen molar-refractivity contribution in [3.63, 3.8) is 0 Å². The Morgan fingerprint density at radius 3 is 2.59 bits per heavy atom. The highest BCUT2D eigenvalue weighted by molar-refractivity contribution is 5.97. The van der Waals surface area contributed by atoms with Crippen molar-refractivity contribution in [1.29, 1.82) is 0 Å². The Hall–Kier alpha value is -3.50. The summed E-state index contributed by atoms with van der Waals surface area (Å²) >= 11 is 0. The van der Waals surface area contributed by atoms with Crippen LogP contribution in [0.3, 0.4) is 0 Å². The number of pyridine rings is 1. The average molecular weight is 403 g/mol. The Bertz CT molecular complexity index is 1040. The van der Waals surface area contributed by atoms with Gasteiger partial charge in [0.1, 0.15) is 11.5 Å². The number of hydrogen-bond acceptors (Lipinski definition) is 6. The van der Waals surface area contributed by atoms with Crippen molar-refractivity contribution >= 4 is 17.4 Å². The van der Waals surface area contributed by atoms with Crippen molar-refractivity contribution in [3.8, 4) is 11.5 Å². The number of aromatic nitrogens is 5. The SMILES string of the molecule is Cn1cc(N2CCN(c3cc(C(F)(F)F)nc(-c4ccccn4)n3)CC2=O)cn1. The van der Waals surface area contributed by atoms with Crippen LogP contribution in [0, 0.1) is 0 Å². The summed E-state index contributed by atoms with van der Waals surface area (Å²) in [5.74, 6) is -0.361. The molecule has 0 radical (unpaired) electrons. The van der Waals surface area contributed by atoms with E-state index in [1.54, 1.807) is 41.2 Å². The Labute approximate surface area is 163 Å². The summed E-state index contributed by atoms with van der Waals surface area (Å²) in [6.07, 6.45) is 0.0793. The predicted octanol–water partition coefficient (Wildman–Crippen LogP) is 2.14. The largest absolute Gasteiger partial charge is 0.433 e. The van der Waals surface area contributed by atoms with Gasteiger partial charge in [-0.05, 0) is 12.1 Å². The number of amides is 1. The summed E-state index contributed by atoms with van der Waals surface area (Å²) in [4.78, 5) is 27.6. The Morgan fingerprint density at radius 2 is 1.97 bits per heavy atom. The minimum Gasteiger partial charge on any atom is -0.345 e. The van der Waals surface area contributed by atoms with Crippen LogP contribution in [0.5, 0.6) is 0 Å². The van der Waals surface area contributed by atoms with Crippen LogP contribution in [0.1, 0.15) is 5.69 Å². The quantitative estimate of drug-likeness (QED) is 0.667. The van der Waals surface area contributed by atoms with Gasteiger partial charge in [0, 0.05) is 38.6 Å². The molecule has 1 aliphatic heterocycles. The first-order valence-electron chi connectivity index (χ1n) is 8.73. The molecule has 1 aliphatic rings. The molecule has 0 atom stereocenters. The van der Waals surface area contributed by atoms with Gasteiger partial charge in [0.05, 0.1) is 18.4 Å². The van der Waals surface area contributed by atoms with Crippen LogP contribution in [0.4, 0.5) is 24.7 Å². The summed E-state index contributed by atoms with van der Waals surface area (Å²) in [7, 11) is 1.74. The molecule has 29 heavy (non-hydrogen) atoms. The van der Waals surface area contributed by atoms with Crippen LogP contribution in [-0.4, -0.2) is 50.3 Å². The minimum absolute atomic E-state index is 0.0344. The van der Waals surface area contributed by atoms with Gasteiger partial charge in [0.15, 0.2) is 11.5 Å². The molecule has 4 rings (SSSR count). The summed E-state index contributed by atoms with van der Waals surface area (Å²) in [6, 6.07) is 5.68. The number of rotatable bonds is 3. The fourth-order valence-corrected chi connectivity index (χ4v) is 3.04. The van der Waals surface area contributed by atoms with E-state index in [4.69, 9.17) is 0 Å². The number of hydrogen-bond donors (Lipinski definition) is 0. The van der Waals surface area contributed by atoms with Gasteiger partial charge in [0.25, 0.3) is 0 Å². The average Bonchev–Trinajstić information content (AvgIpc) is 3.13. The lowest BCUT2D eigenvalue weighted by Gasteiger charge is -2.34. The molecular formula is C18H16F3N7O. The van der Waals surface area contributed by atoms with E-state index in [2.05, 4.69) is 20.1 Å². The molecule has 1 saturated heterocycles. The summed E-state index contributed by atoms with van der Waals surface area (Å²) < 4.78 is 41.7. The molecule has 1 amide bonds. The molecule has 8 nitrogen and oxygen atoms in total. The Morgan fingerprint density at radius 1 is 1.14 bits per heavy atom. The van der Waals surface area contributed by atoms with E-state index in [9.17, 15) is 18.0 Å². The van der Waals surface area contributed by atoms with Crippen molar-refractivity contribution in [2.24, 2.45) is 7.05 Å². The molecule has 0 aliphatic carbocycles. The van der Waals surface area contributed by atoms with Gasteiger partial charge in [-0.25, -0.2) is 9.97 Å². The second kappa shape index (κ2) is 7.15. The highest BCUT2D eigenvalue weighted by Crippen LogP contribution is 2.32. The van der Waals surface area contributed by atoms with E-state index < -0.39 is 11.9 Å². The maximum atomic E-state index is 13.4. The van der Waals surface area contributed by atoms with Crippen molar-refractivity contribution in [2.45, 2.75) is 6.18 Å². The fourth-order valence-electron chi connectivity index (χ4n) is 3.04. The lowest BCUT2D eigenvalue weighted by atomic mass is 10.2. The lowest BCUT2D eigenvalue weighted by Crippen LogP contribution is -2.51. The van der Waals surface area contributed by atoms with E-state index in [0.29, 0.717) is 18.8 Å². The number of alkyl halides is 3. The number of piperazine rings is 1. The molecule has 0 saturated carbocycles. The smallest absolute Gasteiger partial charge is 0.345 e. The van der Waals surface area contributed by atoms with Gasteiger partial charge < -0.3 is 9.80 Å². The monoisotopic (exact) mass is 403 g/mol. The minimum atomic E-state index is -4.65. The number of aryl methyl sites for hydroxylation is 1. The summed E-state index contributed by atoms with van der Waals surface area (Å²) in [5.41, 5.74) is -0.213. The Kier molecular flexibility index (Phi) is 4.65. The molecule has 11 heteroatoms. The van der Waals surface area contributed by atoms with Crippen LogP contribution < -0.4 is 9.80 Å². The highest BCUT2D eigenvalue weighted by atomic mass is 19.4. The van der Waals surface area contributed by atoms with E-state index in [-0.39, 0.29) is 29.8 Å². The summed E-state index contributed by atoms with van der Waals surface area (Å²) in [5, 5.41) is 4.04. The molecule has 3 aromatic heterocycles. The normalized spacial score (nSPS) is 15.1. The van der Waals surface area contributed by atoms with Crippen LogP contribution in [0.2, 0.25) is 0 Å². The maximum absolute atomic E-state index is 13.4. The van der Waals surface area contributed by atoms with Crippen LogP contribution >= 0.6 is 0 Å². The van der Waals surface area contributed by atoms with Gasteiger partial charge in [0.2, 0.25) is 5.91 Å². The molecular weight excluding hydrogens is 387 g/mol. The van der Waals surface area contributed by atoms with E-state index in [1.807, 2.05) is 0 Å². The zero-order valence-corrected chi connectivity index (χ0v) is 15.3. The number of carbonyl (C=O) groups excluding carboxylic acids is 1. The zero-order chi connectivity index (χ0) is 20.6. The van der Waals surface area contributed by atoms with Gasteiger partial charge in [-0.2, -0.15) is 18.3 Å². The third kappa shape index (κ3) is 3.89. The molecule has 0 aromatic carbocycles. The highest BCUT2D eigenvalue weighted by Gasteiger charge is 2.35. The second-order valence-corrected chi connectivity index (χ2v) is 6.49. The molecule has 4 heterocycles. The van der Waals surface area contributed by atoms with Crippen molar-refractivity contribution in [1.82, 2.24) is 24.7 Å². The van der Waals surface area contributed by atoms with Gasteiger partial charge in [-0.1, -0.05) is 6.07 Å². The zero-order valence-electron chi connectivity index (χ0n) is 15.3. The number of carbonyl (C=O) groups is 1. The molecule has 150 valence electrons. The van der Waals surface area contributed by atoms with Crippen LogP contribution in [0.25, 0.3) is 11.5 Å². The van der Waals surface area contributed by atoms with Gasteiger partial charge in [-0.3, -0.25) is 14.5 Å². The Balaban J connectivity index is 1.65. The van der Waals surface area contributed by atoms with Crippen molar-refractivity contribution in [2.75, 3.05) is 29.4 Å². The molecule has 3 aromatic rings. The number of halogens is 3. The topological polar surface area (TPSA) is 80.0 Å². The third-order valence-electron chi connectivity index (χ3n) is 4.44. The maximum Gasteiger partial charge on any atom is 0.433 e. The van der Waals surface area contributed by atoms with E-state index in [0.717, 1.165) is 6.07 Å². The first-order valence-corrected chi connectivity index (χ1v) is 8.73. The van der Waals surface area contributed by atoms with Gasteiger partial charge in [-0.15, -0.1) is 0 Å². The summed E-state index contributed by atoms with van der Waals surface area (Å²) in [6.45, 7) is 0.510.